The summed E-state index contributed by atoms with van der Waals surface area (Å²) in [5.41, 5.74) is -1.23. The summed E-state index contributed by atoms with van der Waals surface area (Å²) in [4.78, 5) is -0.470. The van der Waals surface area contributed by atoms with E-state index in [-0.39, 0.29) is 28.6 Å². The van der Waals surface area contributed by atoms with Crippen LogP contribution in [-0.2, 0) is 0 Å². The molecule has 3 rings (SSSR count). The number of halogens is 5. The van der Waals surface area contributed by atoms with Gasteiger partial charge in [-0.25, -0.2) is 13.2 Å². The molecule has 0 saturated heterocycles. The highest BCUT2D eigenvalue weighted by Crippen LogP contribution is 2.58. The topological polar surface area (TPSA) is 53.2 Å². The molecule has 2 aromatic rings. The number of nitrogens with zero attached hydrogens (tertiary/aromatic N) is 1. The third kappa shape index (κ3) is 3.15. The van der Waals surface area contributed by atoms with Crippen LogP contribution in [0, 0.1) is 17.1 Å². The molecule has 9 heteroatoms. The first kappa shape index (κ1) is 17.5. The normalized spacial score (nSPS) is 18.1. The molecule has 0 aromatic heterocycles. The highest BCUT2D eigenvalue weighted by atomic mass is 32.2. The van der Waals surface area contributed by atoms with Gasteiger partial charge in [0.1, 0.15) is 17.3 Å². The highest BCUT2D eigenvalue weighted by Gasteiger charge is 2.50. The molecule has 1 aliphatic heterocycles. The third-order valence-electron chi connectivity index (χ3n) is 3.48. The zero-order valence-electron chi connectivity index (χ0n) is 12.1. The largest absolute Gasteiger partial charge is 0.457 e. The monoisotopic (exact) mass is 373 g/mol. The lowest BCUT2D eigenvalue weighted by molar-refractivity contribution is -0.0310. The molecule has 3 nitrogen and oxygen atoms in total. The van der Waals surface area contributed by atoms with E-state index in [1.807, 2.05) is 0 Å². The molecule has 0 saturated carbocycles. The number of ether oxygens (including phenoxy) is 1. The molecule has 130 valence electrons. The number of alkyl halides is 4. The molecule has 0 bridgehead atoms. The third-order valence-corrected chi connectivity index (χ3v) is 4.64. The fourth-order valence-corrected chi connectivity index (χ4v) is 3.52. The first-order chi connectivity index (χ1) is 11.7. The molecule has 25 heavy (non-hydrogen) atoms. The van der Waals surface area contributed by atoms with Gasteiger partial charge in [-0.15, -0.1) is 0 Å². The lowest BCUT2D eigenvalue weighted by Crippen LogP contribution is -2.15. The summed E-state index contributed by atoms with van der Waals surface area (Å²) >= 11 is -0.178. The Bertz CT molecular complexity index is 882. The van der Waals surface area contributed by atoms with E-state index >= 15 is 0 Å². The van der Waals surface area contributed by atoms with Crippen molar-refractivity contribution < 1.29 is 31.8 Å². The van der Waals surface area contributed by atoms with Gasteiger partial charge >= 0.3 is 5.25 Å². The highest BCUT2D eigenvalue weighted by molar-refractivity contribution is 8.00. The zero-order chi connectivity index (χ0) is 18.4. The van der Waals surface area contributed by atoms with Gasteiger partial charge in [-0.05, 0) is 30.0 Å². The van der Waals surface area contributed by atoms with E-state index in [1.54, 1.807) is 6.07 Å². The SMILES string of the molecule is N#Cc1cc(F)cc(Oc2ccc3c(c2C(F)F)SC(F)(F)C3O)c1. The maximum Gasteiger partial charge on any atom is 0.327 e. The molecule has 1 unspecified atom stereocenters. The lowest BCUT2D eigenvalue weighted by Gasteiger charge is -2.14. The van der Waals surface area contributed by atoms with Crippen LogP contribution in [0.15, 0.2) is 35.2 Å². The van der Waals surface area contributed by atoms with Crippen LogP contribution in [0.1, 0.15) is 29.2 Å². The summed E-state index contributed by atoms with van der Waals surface area (Å²) in [5.74, 6) is -1.50. The Morgan fingerprint density at radius 3 is 2.60 bits per heavy atom. The second-order valence-corrected chi connectivity index (χ2v) is 6.31. The smallest absolute Gasteiger partial charge is 0.327 e. The van der Waals surface area contributed by atoms with Crippen molar-refractivity contribution in [1.29, 1.82) is 5.26 Å². The van der Waals surface area contributed by atoms with Crippen LogP contribution in [-0.4, -0.2) is 10.4 Å². The molecule has 0 fully saturated rings. The van der Waals surface area contributed by atoms with Crippen LogP contribution in [0.25, 0.3) is 0 Å². The summed E-state index contributed by atoms with van der Waals surface area (Å²) < 4.78 is 72.8. The average Bonchev–Trinajstić information content (AvgIpc) is 2.75. The Morgan fingerprint density at radius 2 is 1.96 bits per heavy atom. The van der Waals surface area contributed by atoms with Gasteiger partial charge < -0.3 is 9.84 Å². The van der Waals surface area contributed by atoms with Crippen LogP contribution in [0.3, 0.4) is 0 Å². The van der Waals surface area contributed by atoms with Crippen molar-refractivity contribution in [3.8, 4) is 17.6 Å². The molecular formula is C16H8F5NO2S. The summed E-state index contributed by atoms with van der Waals surface area (Å²) in [6, 6.07) is 6.67. The van der Waals surface area contributed by atoms with Crippen molar-refractivity contribution in [2.75, 3.05) is 0 Å². The number of aliphatic hydroxyl groups is 1. The first-order valence-corrected chi connectivity index (χ1v) is 7.63. The summed E-state index contributed by atoms with van der Waals surface area (Å²) in [5, 5.41) is 14.7. The van der Waals surface area contributed by atoms with Crippen molar-refractivity contribution in [2.45, 2.75) is 22.7 Å². The van der Waals surface area contributed by atoms with Crippen molar-refractivity contribution >= 4 is 11.8 Å². The number of aliphatic hydroxyl groups excluding tert-OH is 1. The maximum atomic E-state index is 13.6. The van der Waals surface area contributed by atoms with Gasteiger partial charge in [0.15, 0.2) is 6.10 Å². The number of thioether (sulfide) groups is 1. The number of benzene rings is 2. The number of nitriles is 1. The van der Waals surface area contributed by atoms with Crippen molar-refractivity contribution in [1.82, 2.24) is 0 Å². The average molecular weight is 373 g/mol. The van der Waals surface area contributed by atoms with Crippen LogP contribution in [0.5, 0.6) is 11.5 Å². The minimum absolute atomic E-state index is 0.0916. The number of hydrogen-bond acceptors (Lipinski definition) is 4. The van der Waals surface area contributed by atoms with Gasteiger partial charge in [0.05, 0.1) is 17.2 Å². The van der Waals surface area contributed by atoms with E-state index in [2.05, 4.69) is 0 Å². The predicted molar refractivity (Wildman–Crippen MR) is 78.4 cm³/mol. The Kier molecular flexibility index (Phi) is 4.34. The van der Waals surface area contributed by atoms with Crippen LogP contribution >= 0.6 is 11.8 Å². The molecule has 0 radical (unpaired) electrons. The van der Waals surface area contributed by atoms with E-state index in [9.17, 15) is 27.1 Å². The number of fused-ring (bicyclic) bond motifs is 1. The van der Waals surface area contributed by atoms with Gasteiger partial charge in [-0.2, -0.15) is 14.0 Å². The van der Waals surface area contributed by atoms with Crippen molar-refractivity contribution in [3.05, 3.63) is 52.8 Å². The Hall–Kier alpha value is -2.31. The van der Waals surface area contributed by atoms with Gasteiger partial charge in [-0.3, -0.25) is 0 Å². The van der Waals surface area contributed by atoms with E-state index < -0.39 is 39.8 Å². The van der Waals surface area contributed by atoms with Crippen molar-refractivity contribution in [3.63, 3.8) is 0 Å². The maximum absolute atomic E-state index is 13.6. The van der Waals surface area contributed by atoms with E-state index in [0.717, 1.165) is 30.3 Å². The molecule has 0 aliphatic carbocycles. The van der Waals surface area contributed by atoms with E-state index in [4.69, 9.17) is 10.00 Å². The molecular weight excluding hydrogens is 365 g/mol. The predicted octanol–water partition coefficient (Wildman–Crippen LogP) is 5.16. The molecule has 2 aromatic carbocycles. The standard InChI is InChI=1S/C16H8F5NO2S/c17-8-3-7(6-22)4-9(5-8)24-11-2-1-10-13(12(11)15(18)19)25-16(20,21)14(10)23/h1-5,14-15,23H. The summed E-state index contributed by atoms with van der Waals surface area (Å²) in [6.07, 6.45) is -5.37. The molecule has 0 amide bonds. The zero-order valence-corrected chi connectivity index (χ0v) is 13.0. The first-order valence-electron chi connectivity index (χ1n) is 6.81. The lowest BCUT2D eigenvalue weighted by atomic mass is 10.1. The minimum Gasteiger partial charge on any atom is -0.457 e. The molecule has 1 heterocycles. The Balaban J connectivity index is 2.07. The summed E-state index contributed by atoms with van der Waals surface area (Å²) in [6.45, 7) is 0. The minimum atomic E-state index is -3.64. The quantitative estimate of drug-likeness (QED) is 0.755. The second-order valence-electron chi connectivity index (χ2n) is 5.15. The van der Waals surface area contributed by atoms with Crippen molar-refractivity contribution in [2.24, 2.45) is 0 Å². The van der Waals surface area contributed by atoms with Crippen LogP contribution < -0.4 is 4.74 Å². The van der Waals surface area contributed by atoms with E-state index in [0.29, 0.717) is 0 Å². The van der Waals surface area contributed by atoms with Gasteiger partial charge in [0.25, 0.3) is 6.43 Å². The fraction of sp³-hybridized carbons (Fsp3) is 0.188. The van der Waals surface area contributed by atoms with Gasteiger partial charge in [0.2, 0.25) is 0 Å². The molecule has 1 N–H and O–H groups in total. The molecule has 1 atom stereocenters. The number of rotatable bonds is 3. The Morgan fingerprint density at radius 1 is 1.24 bits per heavy atom. The fourth-order valence-electron chi connectivity index (χ4n) is 2.41. The summed E-state index contributed by atoms with van der Waals surface area (Å²) in [7, 11) is 0. The molecule has 0 spiro atoms. The second kappa shape index (κ2) is 6.20. The van der Waals surface area contributed by atoms with Crippen LogP contribution in [0.4, 0.5) is 22.0 Å². The van der Waals surface area contributed by atoms with E-state index in [1.165, 1.54) is 0 Å². The van der Waals surface area contributed by atoms with Gasteiger partial charge in [-0.1, -0.05) is 6.07 Å². The van der Waals surface area contributed by atoms with Gasteiger partial charge in [0, 0.05) is 16.5 Å². The number of hydrogen-bond donors (Lipinski definition) is 1. The van der Waals surface area contributed by atoms with Crippen LogP contribution in [0.2, 0.25) is 0 Å². The molecule has 1 aliphatic rings. The Labute approximate surface area is 142 Å².